The summed E-state index contributed by atoms with van der Waals surface area (Å²) in [6.45, 7) is 5.37. The van der Waals surface area contributed by atoms with Crippen molar-refractivity contribution in [3.05, 3.63) is 29.8 Å². The summed E-state index contributed by atoms with van der Waals surface area (Å²) in [5, 5.41) is 2.87. The van der Waals surface area contributed by atoms with Gasteiger partial charge in [0.1, 0.15) is 12.4 Å². The molecule has 18 heavy (non-hydrogen) atoms. The zero-order valence-electron chi connectivity index (χ0n) is 11.2. The summed E-state index contributed by atoms with van der Waals surface area (Å²) in [5.41, 5.74) is 1.03. The lowest BCUT2D eigenvalue weighted by Crippen LogP contribution is -2.27. The van der Waals surface area contributed by atoms with Gasteiger partial charge in [-0.05, 0) is 17.7 Å². The number of rotatable bonds is 7. The maximum atomic E-state index is 11.5. The lowest BCUT2D eigenvalue weighted by molar-refractivity contribution is -0.124. The van der Waals surface area contributed by atoms with Crippen LogP contribution in [-0.4, -0.2) is 26.2 Å². The molecule has 0 spiro atoms. The molecule has 0 bridgehead atoms. The topological polar surface area (TPSA) is 47.6 Å². The first-order valence-corrected chi connectivity index (χ1v) is 6.12. The summed E-state index contributed by atoms with van der Waals surface area (Å²) in [6, 6.07) is 7.70. The molecule has 0 fully saturated rings. The first kappa shape index (κ1) is 14.5. The third kappa shape index (κ3) is 5.19. The van der Waals surface area contributed by atoms with Crippen molar-refractivity contribution in [3.63, 3.8) is 0 Å². The van der Waals surface area contributed by atoms with Gasteiger partial charge in [-0.3, -0.25) is 4.79 Å². The Balaban J connectivity index is 2.46. The van der Waals surface area contributed by atoms with E-state index in [0.29, 0.717) is 19.8 Å². The van der Waals surface area contributed by atoms with Gasteiger partial charge in [-0.25, -0.2) is 0 Å². The summed E-state index contributed by atoms with van der Waals surface area (Å²) in [4.78, 5) is 11.5. The Labute approximate surface area is 108 Å². The normalized spacial score (nSPS) is 10.4. The maximum Gasteiger partial charge on any atom is 0.222 e. The number of carbonyl (C=O) groups excluding carboxylic acids is 1. The van der Waals surface area contributed by atoms with Crippen LogP contribution in [0.5, 0.6) is 5.75 Å². The van der Waals surface area contributed by atoms with E-state index in [-0.39, 0.29) is 11.8 Å². The van der Waals surface area contributed by atoms with Gasteiger partial charge >= 0.3 is 0 Å². The van der Waals surface area contributed by atoms with Crippen molar-refractivity contribution in [1.29, 1.82) is 0 Å². The number of benzene rings is 1. The maximum absolute atomic E-state index is 11.5. The van der Waals surface area contributed by atoms with Crippen LogP contribution in [0.3, 0.4) is 0 Å². The molecule has 0 aliphatic heterocycles. The fraction of sp³-hybridized carbons (Fsp3) is 0.500. The third-order valence-electron chi connectivity index (χ3n) is 2.45. The highest BCUT2D eigenvalue weighted by atomic mass is 16.5. The molecule has 0 aromatic heterocycles. The highest BCUT2D eigenvalue weighted by molar-refractivity contribution is 5.77. The van der Waals surface area contributed by atoms with Crippen LogP contribution in [0.4, 0.5) is 0 Å². The molecule has 1 amide bonds. The summed E-state index contributed by atoms with van der Waals surface area (Å²) in [7, 11) is 1.64. The van der Waals surface area contributed by atoms with Crippen molar-refractivity contribution in [2.75, 3.05) is 20.3 Å². The van der Waals surface area contributed by atoms with Crippen molar-refractivity contribution in [2.24, 2.45) is 5.92 Å². The Morgan fingerprint density at radius 3 is 2.78 bits per heavy atom. The van der Waals surface area contributed by atoms with Crippen molar-refractivity contribution in [1.82, 2.24) is 5.32 Å². The van der Waals surface area contributed by atoms with Crippen LogP contribution in [0.25, 0.3) is 0 Å². The number of ether oxygens (including phenoxy) is 2. The number of methoxy groups -OCH3 is 1. The van der Waals surface area contributed by atoms with Gasteiger partial charge in [-0.15, -0.1) is 0 Å². The highest BCUT2D eigenvalue weighted by Gasteiger charge is 2.06. The molecule has 4 nitrogen and oxygen atoms in total. The lowest BCUT2D eigenvalue weighted by atomic mass is 10.2. The van der Waals surface area contributed by atoms with E-state index in [0.717, 1.165) is 11.3 Å². The Bertz CT molecular complexity index is 377. The second-order valence-electron chi connectivity index (χ2n) is 4.36. The summed E-state index contributed by atoms with van der Waals surface area (Å²) < 4.78 is 10.4. The van der Waals surface area contributed by atoms with Crippen LogP contribution in [0.2, 0.25) is 0 Å². The van der Waals surface area contributed by atoms with Crippen molar-refractivity contribution < 1.29 is 14.3 Å². The molecule has 0 aliphatic carbocycles. The molecule has 0 radical (unpaired) electrons. The molecule has 0 saturated heterocycles. The summed E-state index contributed by atoms with van der Waals surface area (Å²) in [6.07, 6.45) is 0. The molecule has 0 aliphatic rings. The highest BCUT2D eigenvalue weighted by Crippen LogP contribution is 2.13. The average Bonchev–Trinajstić information content (AvgIpc) is 2.36. The number of amides is 1. The van der Waals surface area contributed by atoms with E-state index in [4.69, 9.17) is 9.47 Å². The molecule has 1 aromatic carbocycles. The first-order valence-electron chi connectivity index (χ1n) is 6.12. The third-order valence-corrected chi connectivity index (χ3v) is 2.45. The van der Waals surface area contributed by atoms with Crippen molar-refractivity contribution in [2.45, 2.75) is 20.4 Å². The second kappa shape index (κ2) is 7.71. The van der Waals surface area contributed by atoms with E-state index in [9.17, 15) is 4.79 Å². The fourth-order valence-corrected chi connectivity index (χ4v) is 1.38. The van der Waals surface area contributed by atoms with Crippen molar-refractivity contribution >= 4 is 5.91 Å². The molecule has 0 unspecified atom stereocenters. The van der Waals surface area contributed by atoms with Crippen LogP contribution in [0, 0.1) is 5.92 Å². The van der Waals surface area contributed by atoms with Gasteiger partial charge in [0.25, 0.3) is 0 Å². The van der Waals surface area contributed by atoms with E-state index in [2.05, 4.69) is 5.32 Å². The van der Waals surface area contributed by atoms with E-state index in [1.165, 1.54) is 0 Å². The summed E-state index contributed by atoms with van der Waals surface area (Å²) >= 11 is 0. The standard InChI is InChI=1S/C14H21NO3/c1-11(2)14(16)15-10-12-5-4-6-13(9-12)18-8-7-17-3/h4-6,9,11H,7-8,10H2,1-3H3,(H,15,16). The number of nitrogens with one attached hydrogen (secondary N) is 1. The van der Waals surface area contributed by atoms with E-state index >= 15 is 0 Å². The minimum absolute atomic E-state index is 0.00568. The Morgan fingerprint density at radius 2 is 2.11 bits per heavy atom. The van der Waals surface area contributed by atoms with E-state index < -0.39 is 0 Å². The molecule has 1 rings (SSSR count). The van der Waals surface area contributed by atoms with Gasteiger partial charge < -0.3 is 14.8 Å². The molecule has 1 N–H and O–H groups in total. The second-order valence-corrected chi connectivity index (χ2v) is 4.36. The van der Waals surface area contributed by atoms with Crippen molar-refractivity contribution in [3.8, 4) is 5.75 Å². The predicted octanol–water partition coefficient (Wildman–Crippen LogP) is 1.98. The zero-order chi connectivity index (χ0) is 13.4. The van der Waals surface area contributed by atoms with Gasteiger partial charge in [-0.1, -0.05) is 26.0 Å². The Hall–Kier alpha value is -1.55. The van der Waals surface area contributed by atoms with Gasteiger partial charge in [0.15, 0.2) is 0 Å². The first-order chi connectivity index (χ1) is 8.63. The molecule has 0 heterocycles. The molecular weight excluding hydrogens is 230 g/mol. The predicted molar refractivity (Wildman–Crippen MR) is 70.5 cm³/mol. The van der Waals surface area contributed by atoms with E-state index in [1.807, 2.05) is 38.1 Å². The lowest BCUT2D eigenvalue weighted by Gasteiger charge is -2.10. The van der Waals surface area contributed by atoms with Crippen LogP contribution in [0.1, 0.15) is 19.4 Å². The minimum Gasteiger partial charge on any atom is -0.491 e. The van der Waals surface area contributed by atoms with E-state index in [1.54, 1.807) is 7.11 Å². The Morgan fingerprint density at radius 1 is 1.33 bits per heavy atom. The molecule has 0 saturated carbocycles. The minimum atomic E-state index is 0.00568. The molecule has 1 aromatic rings. The number of hydrogen-bond donors (Lipinski definition) is 1. The monoisotopic (exact) mass is 251 g/mol. The van der Waals surface area contributed by atoms with Gasteiger partial charge in [-0.2, -0.15) is 0 Å². The SMILES string of the molecule is COCCOc1cccc(CNC(=O)C(C)C)c1. The van der Waals surface area contributed by atoms with Gasteiger partial charge in [0, 0.05) is 19.6 Å². The molecular formula is C14H21NO3. The molecule has 100 valence electrons. The fourth-order valence-electron chi connectivity index (χ4n) is 1.38. The summed E-state index contributed by atoms with van der Waals surface area (Å²) in [5.74, 6) is 0.857. The quantitative estimate of drug-likeness (QED) is 0.754. The smallest absolute Gasteiger partial charge is 0.222 e. The zero-order valence-corrected chi connectivity index (χ0v) is 11.2. The van der Waals surface area contributed by atoms with Crippen LogP contribution in [0.15, 0.2) is 24.3 Å². The largest absolute Gasteiger partial charge is 0.491 e. The Kier molecular flexibility index (Phi) is 6.22. The molecule has 0 atom stereocenters. The van der Waals surface area contributed by atoms with Crippen LogP contribution >= 0.6 is 0 Å². The number of hydrogen-bond acceptors (Lipinski definition) is 3. The average molecular weight is 251 g/mol. The number of carbonyl (C=O) groups is 1. The van der Waals surface area contributed by atoms with Gasteiger partial charge in [0.05, 0.1) is 6.61 Å². The van der Waals surface area contributed by atoms with Crippen LogP contribution < -0.4 is 10.1 Å². The van der Waals surface area contributed by atoms with Crippen LogP contribution in [-0.2, 0) is 16.1 Å². The molecule has 4 heteroatoms. The van der Waals surface area contributed by atoms with Gasteiger partial charge in [0.2, 0.25) is 5.91 Å².